The van der Waals surface area contributed by atoms with Crippen LogP contribution >= 0.6 is 0 Å². The Labute approximate surface area is 147 Å². The Kier molecular flexibility index (Phi) is 5.47. The van der Waals surface area contributed by atoms with E-state index in [0.717, 1.165) is 28.0 Å². The lowest BCUT2D eigenvalue weighted by Gasteiger charge is -2.12. The molecule has 126 valence electrons. The quantitative estimate of drug-likeness (QED) is 0.596. The van der Waals surface area contributed by atoms with Crippen molar-refractivity contribution in [2.75, 3.05) is 0 Å². The van der Waals surface area contributed by atoms with Gasteiger partial charge in [0.25, 0.3) is 0 Å². The van der Waals surface area contributed by atoms with Crippen LogP contribution in [-0.4, -0.2) is 5.97 Å². The van der Waals surface area contributed by atoms with E-state index in [1.807, 2.05) is 78.9 Å². The monoisotopic (exact) mass is 332 g/mol. The maximum atomic E-state index is 11.1. The third kappa shape index (κ3) is 4.70. The van der Waals surface area contributed by atoms with Crippen molar-refractivity contribution in [2.24, 2.45) is 0 Å². The van der Waals surface area contributed by atoms with E-state index in [-0.39, 0.29) is 12.6 Å². The van der Waals surface area contributed by atoms with E-state index in [1.54, 1.807) is 0 Å². The normalized spacial score (nSPS) is 10.3. The molecule has 0 fully saturated rings. The van der Waals surface area contributed by atoms with Crippen molar-refractivity contribution in [2.45, 2.75) is 20.1 Å². The maximum Gasteiger partial charge on any atom is 0.302 e. The standard InChI is InChI=1S/C22H20O3/c1-17(23)24-16-20-10-5-6-13-22(20)19-11-7-12-21(14-19)25-15-18-8-3-2-4-9-18/h2-14H,15-16H2,1H3. The summed E-state index contributed by atoms with van der Waals surface area (Å²) in [5, 5.41) is 0. The summed E-state index contributed by atoms with van der Waals surface area (Å²) in [4.78, 5) is 11.1. The first kappa shape index (κ1) is 16.8. The van der Waals surface area contributed by atoms with Crippen molar-refractivity contribution in [3.63, 3.8) is 0 Å². The summed E-state index contributed by atoms with van der Waals surface area (Å²) < 4.78 is 11.1. The Bertz CT molecular complexity index is 841. The van der Waals surface area contributed by atoms with Gasteiger partial charge in [-0.2, -0.15) is 0 Å². The van der Waals surface area contributed by atoms with Crippen LogP contribution in [0.25, 0.3) is 11.1 Å². The van der Waals surface area contributed by atoms with E-state index in [9.17, 15) is 4.79 Å². The van der Waals surface area contributed by atoms with Gasteiger partial charge >= 0.3 is 5.97 Å². The lowest BCUT2D eigenvalue weighted by molar-refractivity contribution is -0.142. The van der Waals surface area contributed by atoms with Gasteiger partial charge in [-0.25, -0.2) is 0 Å². The molecule has 0 bridgehead atoms. The molecule has 3 aromatic carbocycles. The molecule has 0 aliphatic carbocycles. The number of carbonyl (C=O) groups is 1. The van der Waals surface area contributed by atoms with Crippen molar-refractivity contribution >= 4 is 5.97 Å². The molecule has 0 saturated heterocycles. The molecule has 0 amide bonds. The molecule has 0 N–H and O–H groups in total. The molecule has 3 heteroatoms. The van der Waals surface area contributed by atoms with Gasteiger partial charge in [0.1, 0.15) is 19.0 Å². The highest BCUT2D eigenvalue weighted by molar-refractivity contribution is 5.70. The SMILES string of the molecule is CC(=O)OCc1ccccc1-c1cccc(OCc2ccccc2)c1. The second-order valence-corrected chi connectivity index (χ2v) is 5.74. The van der Waals surface area contributed by atoms with Crippen LogP contribution in [-0.2, 0) is 22.7 Å². The van der Waals surface area contributed by atoms with E-state index < -0.39 is 0 Å². The fourth-order valence-electron chi connectivity index (χ4n) is 2.60. The summed E-state index contributed by atoms with van der Waals surface area (Å²) in [6.07, 6.45) is 0. The second-order valence-electron chi connectivity index (χ2n) is 5.74. The molecule has 3 aromatic rings. The van der Waals surface area contributed by atoms with E-state index >= 15 is 0 Å². The Balaban J connectivity index is 1.78. The first-order chi connectivity index (χ1) is 12.2. The Morgan fingerprint density at radius 1 is 0.840 bits per heavy atom. The number of hydrogen-bond donors (Lipinski definition) is 0. The molecule has 0 heterocycles. The smallest absolute Gasteiger partial charge is 0.302 e. The third-order valence-corrected chi connectivity index (χ3v) is 3.84. The first-order valence-corrected chi connectivity index (χ1v) is 8.21. The minimum absolute atomic E-state index is 0.264. The molecule has 3 rings (SSSR count). The van der Waals surface area contributed by atoms with Gasteiger partial charge in [-0.15, -0.1) is 0 Å². The fourth-order valence-corrected chi connectivity index (χ4v) is 2.60. The van der Waals surface area contributed by atoms with Crippen LogP contribution in [0.2, 0.25) is 0 Å². The molecule has 0 radical (unpaired) electrons. The molecule has 3 nitrogen and oxygen atoms in total. The van der Waals surface area contributed by atoms with Gasteiger partial charge in [-0.05, 0) is 34.4 Å². The Morgan fingerprint density at radius 2 is 1.60 bits per heavy atom. The van der Waals surface area contributed by atoms with Gasteiger partial charge in [0, 0.05) is 6.92 Å². The molecule has 0 aromatic heterocycles. The van der Waals surface area contributed by atoms with E-state index in [2.05, 4.69) is 0 Å². The maximum absolute atomic E-state index is 11.1. The zero-order valence-corrected chi connectivity index (χ0v) is 14.1. The molecule has 0 saturated carbocycles. The highest BCUT2D eigenvalue weighted by Crippen LogP contribution is 2.28. The predicted octanol–water partition coefficient (Wildman–Crippen LogP) is 5.00. The van der Waals surface area contributed by atoms with Crippen molar-refractivity contribution < 1.29 is 14.3 Å². The predicted molar refractivity (Wildman–Crippen MR) is 98.1 cm³/mol. The minimum atomic E-state index is -0.283. The van der Waals surface area contributed by atoms with Crippen LogP contribution in [0.1, 0.15) is 18.1 Å². The number of hydrogen-bond acceptors (Lipinski definition) is 3. The van der Waals surface area contributed by atoms with Crippen molar-refractivity contribution in [3.8, 4) is 16.9 Å². The minimum Gasteiger partial charge on any atom is -0.489 e. The van der Waals surface area contributed by atoms with Crippen LogP contribution in [0.5, 0.6) is 5.75 Å². The largest absolute Gasteiger partial charge is 0.489 e. The molecular weight excluding hydrogens is 312 g/mol. The second kappa shape index (κ2) is 8.15. The number of esters is 1. The summed E-state index contributed by atoms with van der Waals surface area (Å²) in [6.45, 7) is 2.21. The number of carbonyl (C=O) groups excluding carboxylic acids is 1. The van der Waals surface area contributed by atoms with Gasteiger partial charge in [-0.1, -0.05) is 66.7 Å². The van der Waals surface area contributed by atoms with Crippen LogP contribution in [0.15, 0.2) is 78.9 Å². The zero-order chi connectivity index (χ0) is 17.5. The van der Waals surface area contributed by atoms with Gasteiger partial charge in [0.05, 0.1) is 0 Å². The average Bonchev–Trinajstić information content (AvgIpc) is 2.66. The molecule has 25 heavy (non-hydrogen) atoms. The van der Waals surface area contributed by atoms with Crippen LogP contribution in [0.3, 0.4) is 0 Å². The lowest BCUT2D eigenvalue weighted by atomic mass is 10.00. The third-order valence-electron chi connectivity index (χ3n) is 3.84. The van der Waals surface area contributed by atoms with Gasteiger partial charge < -0.3 is 9.47 Å². The number of ether oxygens (including phenoxy) is 2. The van der Waals surface area contributed by atoms with Crippen molar-refractivity contribution in [1.29, 1.82) is 0 Å². The summed E-state index contributed by atoms with van der Waals surface area (Å²) in [5.41, 5.74) is 4.17. The summed E-state index contributed by atoms with van der Waals surface area (Å²) in [7, 11) is 0. The Morgan fingerprint density at radius 3 is 2.40 bits per heavy atom. The molecule has 0 atom stereocenters. The number of benzene rings is 3. The molecular formula is C22H20O3. The molecule has 0 spiro atoms. The molecule has 0 aliphatic heterocycles. The average molecular weight is 332 g/mol. The lowest BCUT2D eigenvalue weighted by Crippen LogP contribution is -2.00. The summed E-state index contributed by atoms with van der Waals surface area (Å²) in [6, 6.07) is 25.9. The van der Waals surface area contributed by atoms with Crippen LogP contribution in [0, 0.1) is 0 Å². The highest BCUT2D eigenvalue weighted by Gasteiger charge is 2.07. The Hall–Kier alpha value is -3.07. The van der Waals surface area contributed by atoms with Gasteiger partial charge in [0.2, 0.25) is 0 Å². The zero-order valence-electron chi connectivity index (χ0n) is 14.1. The topological polar surface area (TPSA) is 35.5 Å². The van der Waals surface area contributed by atoms with Gasteiger partial charge in [0.15, 0.2) is 0 Å². The van der Waals surface area contributed by atoms with Crippen molar-refractivity contribution in [1.82, 2.24) is 0 Å². The van der Waals surface area contributed by atoms with Gasteiger partial charge in [-0.3, -0.25) is 4.79 Å². The fraction of sp³-hybridized carbons (Fsp3) is 0.136. The summed E-state index contributed by atoms with van der Waals surface area (Å²) in [5.74, 6) is 0.526. The van der Waals surface area contributed by atoms with Crippen molar-refractivity contribution in [3.05, 3.63) is 90.0 Å². The van der Waals surface area contributed by atoms with E-state index in [4.69, 9.17) is 9.47 Å². The van der Waals surface area contributed by atoms with Crippen LogP contribution < -0.4 is 4.74 Å². The molecule has 0 unspecified atom stereocenters. The number of rotatable bonds is 6. The first-order valence-electron chi connectivity index (χ1n) is 8.21. The molecule has 0 aliphatic rings. The highest BCUT2D eigenvalue weighted by atomic mass is 16.5. The van der Waals surface area contributed by atoms with E-state index in [0.29, 0.717) is 6.61 Å². The van der Waals surface area contributed by atoms with E-state index in [1.165, 1.54) is 6.92 Å². The summed E-state index contributed by atoms with van der Waals surface area (Å²) >= 11 is 0. The van der Waals surface area contributed by atoms with Crippen LogP contribution in [0.4, 0.5) is 0 Å².